The smallest absolute Gasteiger partial charge is 0.309 e. The van der Waals surface area contributed by atoms with Crippen molar-refractivity contribution in [2.75, 3.05) is 5.32 Å². The summed E-state index contributed by atoms with van der Waals surface area (Å²) in [4.78, 5) is 10.4. The highest BCUT2D eigenvalue weighted by atomic mass is 35.5. The molecule has 7 heteroatoms. The van der Waals surface area contributed by atoms with Crippen molar-refractivity contribution in [2.45, 2.75) is 6.54 Å². The van der Waals surface area contributed by atoms with Gasteiger partial charge in [-0.15, -0.1) is 0 Å². The van der Waals surface area contributed by atoms with E-state index in [1.165, 1.54) is 30.3 Å². The van der Waals surface area contributed by atoms with E-state index in [9.17, 15) is 14.5 Å². The van der Waals surface area contributed by atoms with E-state index in [0.717, 1.165) is 0 Å². The first-order valence-corrected chi connectivity index (χ1v) is 6.26. The van der Waals surface area contributed by atoms with Crippen LogP contribution in [0.4, 0.5) is 15.8 Å². The summed E-state index contributed by atoms with van der Waals surface area (Å²) in [5.74, 6) is -0.530. The van der Waals surface area contributed by atoms with Crippen LogP contribution in [0.1, 0.15) is 11.1 Å². The van der Waals surface area contributed by atoms with Crippen LogP contribution in [0.15, 0.2) is 36.4 Å². The highest BCUT2D eigenvalue weighted by Gasteiger charge is 2.19. The van der Waals surface area contributed by atoms with E-state index in [2.05, 4.69) is 5.32 Å². The van der Waals surface area contributed by atoms with Crippen molar-refractivity contribution >= 4 is 23.0 Å². The molecule has 0 heterocycles. The Balaban J connectivity index is 2.26. The van der Waals surface area contributed by atoms with Gasteiger partial charge in [0.05, 0.1) is 9.95 Å². The summed E-state index contributed by atoms with van der Waals surface area (Å²) in [5.41, 5.74) is 0.577. The molecule has 0 saturated heterocycles. The van der Waals surface area contributed by atoms with Crippen molar-refractivity contribution in [3.05, 3.63) is 68.5 Å². The van der Waals surface area contributed by atoms with Crippen molar-refractivity contribution in [3.63, 3.8) is 0 Å². The lowest BCUT2D eigenvalue weighted by molar-refractivity contribution is -0.384. The van der Waals surface area contributed by atoms with Gasteiger partial charge in [0.25, 0.3) is 0 Å². The molecule has 0 aliphatic rings. The molecule has 0 atom stereocenters. The molecule has 0 unspecified atom stereocenters. The highest BCUT2D eigenvalue weighted by Crippen LogP contribution is 2.28. The molecule has 0 radical (unpaired) electrons. The van der Waals surface area contributed by atoms with Gasteiger partial charge < -0.3 is 5.32 Å². The average Bonchev–Trinajstić information content (AvgIpc) is 2.47. The summed E-state index contributed by atoms with van der Waals surface area (Å²) in [7, 11) is 0. The number of rotatable bonds is 4. The zero-order valence-electron chi connectivity index (χ0n) is 10.6. The number of nitrogens with one attached hydrogen (secondary N) is 1. The molecule has 0 amide bonds. The molecule has 0 aliphatic carbocycles. The summed E-state index contributed by atoms with van der Waals surface area (Å²) in [6.07, 6.45) is 0. The largest absolute Gasteiger partial charge is 0.375 e. The Bertz CT molecular complexity index is 743. The first kappa shape index (κ1) is 14.8. The number of anilines is 1. The van der Waals surface area contributed by atoms with E-state index < -0.39 is 10.7 Å². The van der Waals surface area contributed by atoms with Gasteiger partial charge in [-0.05, 0) is 29.8 Å². The molecule has 0 spiro atoms. The standard InChI is InChI=1S/C14H9ClFN3O2/c15-11-6-9(4-5-12(11)16)8-18-13-3-1-2-10(7-17)14(13)19(20)21/h1-6,18H,8H2. The van der Waals surface area contributed by atoms with Crippen LogP contribution in [0.2, 0.25) is 5.02 Å². The van der Waals surface area contributed by atoms with E-state index in [4.69, 9.17) is 16.9 Å². The Morgan fingerprint density at radius 2 is 2.14 bits per heavy atom. The fraction of sp³-hybridized carbons (Fsp3) is 0.0714. The lowest BCUT2D eigenvalue weighted by Crippen LogP contribution is -2.04. The van der Waals surface area contributed by atoms with Crippen LogP contribution in [0.3, 0.4) is 0 Å². The monoisotopic (exact) mass is 305 g/mol. The predicted molar refractivity (Wildman–Crippen MR) is 76.5 cm³/mol. The molecule has 0 saturated carbocycles. The lowest BCUT2D eigenvalue weighted by Gasteiger charge is -2.08. The third-order valence-corrected chi connectivity index (χ3v) is 3.10. The molecule has 1 N–H and O–H groups in total. The first-order valence-electron chi connectivity index (χ1n) is 5.88. The van der Waals surface area contributed by atoms with Crippen LogP contribution in [-0.2, 0) is 6.54 Å². The van der Waals surface area contributed by atoms with Gasteiger partial charge in [0.1, 0.15) is 23.1 Å². The number of halogens is 2. The number of hydrogen-bond acceptors (Lipinski definition) is 4. The van der Waals surface area contributed by atoms with E-state index >= 15 is 0 Å². The molecular formula is C14H9ClFN3O2. The number of nitro groups is 1. The molecule has 0 aliphatic heterocycles. The fourth-order valence-corrected chi connectivity index (χ4v) is 2.02. The first-order chi connectivity index (χ1) is 10.0. The van der Waals surface area contributed by atoms with Gasteiger partial charge in [-0.3, -0.25) is 10.1 Å². The molecule has 2 aromatic rings. The highest BCUT2D eigenvalue weighted by molar-refractivity contribution is 6.30. The normalized spacial score (nSPS) is 9.95. The van der Waals surface area contributed by atoms with E-state index in [-0.39, 0.29) is 28.5 Å². The topological polar surface area (TPSA) is 79.0 Å². The van der Waals surface area contributed by atoms with Crippen LogP contribution in [0.5, 0.6) is 0 Å². The van der Waals surface area contributed by atoms with E-state index in [1.54, 1.807) is 12.1 Å². The number of nitro benzene ring substituents is 1. The summed E-state index contributed by atoms with van der Waals surface area (Å²) < 4.78 is 13.1. The maximum absolute atomic E-state index is 13.1. The van der Waals surface area contributed by atoms with Gasteiger partial charge in [0, 0.05) is 6.54 Å². The number of nitrogens with zero attached hydrogens (tertiary/aromatic N) is 2. The second-order valence-corrected chi connectivity index (χ2v) is 4.58. The number of hydrogen-bond donors (Lipinski definition) is 1. The molecule has 0 bridgehead atoms. The van der Waals surface area contributed by atoms with Crippen molar-refractivity contribution in [1.29, 1.82) is 5.26 Å². The molecule has 0 fully saturated rings. The Kier molecular flexibility index (Phi) is 4.36. The molecular weight excluding hydrogens is 297 g/mol. The molecule has 106 valence electrons. The maximum atomic E-state index is 13.1. The molecule has 5 nitrogen and oxygen atoms in total. The van der Waals surface area contributed by atoms with E-state index in [0.29, 0.717) is 5.56 Å². The SMILES string of the molecule is N#Cc1cccc(NCc2ccc(F)c(Cl)c2)c1[N+](=O)[O-]. The number of para-hydroxylation sites is 1. The Labute approximate surface area is 124 Å². The summed E-state index contributed by atoms with van der Waals surface area (Å²) >= 11 is 5.67. The van der Waals surface area contributed by atoms with Crippen LogP contribution < -0.4 is 5.32 Å². The number of benzene rings is 2. The van der Waals surface area contributed by atoms with Gasteiger partial charge in [-0.25, -0.2) is 4.39 Å². The molecule has 0 aromatic heterocycles. The zero-order valence-corrected chi connectivity index (χ0v) is 11.4. The van der Waals surface area contributed by atoms with Gasteiger partial charge in [-0.1, -0.05) is 23.7 Å². The Morgan fingerprint density at radius 1 is 1.38 bits per heavy atom. The van der Waals surface area contributed by atoms with Gasteiger partial charge in [0.15, 0.2) is 0 Å². The number of nitriles is 1. The van der Waals surface area contributed by atoms with E-state index in [1.807, 2.05) is 0 Å². The quantitative estimate of drug-likeness (QED) is 0.687. The van der Waals surface area contributed by atoms with Crippen LogP contribution in [0, 0.1) is 27.3 Å². The second kappa shape index (κ2) is 6.20. The Hall–Kier alpha value is -2.65. The van der Waals surface area contributed by atoms with Gasteiger partial charge in [-0.2, -0.15) is 5.26 Å². The third-order valence-electron chi connectivity index (χ3n) is 2.81. The van der Waals surface area contributed by atoms with Crippen molar-refractivity contribution < 1.29 is 9.31 Å². The minimum absolute atomic E-state index is 0.0189. The van der Waals surface area contributed by atoms with Gasteiger partial charge in [0.2, 0.25) is 0 Å². The van der Waals surface area contributed by atoms with Crippen LogP contribution in [0.25, 0.3) is 0 Å². The van der Waals surface area contributed by atoms with Gasteiger partial charge >= 0.3 is 5.69 Å². The Morgan fingerprint density at radius 3 is 2.76 bits per heavy atom. The zero-order chi connectivity index (χ0) is 15.4. The molecule has 21 heavy (non-hydrogen) atoms. The third kappa shape index (κ3) is 3.27. The van der Waals surface area contributed by atoms with Crippen molar-refractivity contribution in [3.8, 4) is 6.07 Å². The molecule has 2 aromatic carbocycles. The lowest BCUT2D eigenvalue weighted by atomic mass is 10.1. The van der Waals surface area contributed by atoms with Crippen LogP contribution >= 0.6 is 11.6 Å². The average molecular weight is 306 g/mol. The maximum Gasteiger partial charge on any atom is 0.309 e. The fourth-order valence-electron chi connectivity index (χ4n) is 1.82. The van der Waals surface area contributed by atoms with Crippen LogP contribution in [-0.4, -0.2) is 4.92 Å². The van der Waals surface area contributed by atoms with Crippen molar-refractivity contribution in [2.24, 2.45) is 0 Å². The summed E-state index contributed by atoms with van der Waals surface area (Å²) in [6.45, 7) is 0.218. The summed E-state index contributed by atoms with van der Waals surface area (Å²) in [5, 5.41) is 22.8. The predicted octanol–water partition coefficient (Wildman–Crippen LogP) is 3.87. The molecule has 2 rings (SSSR count). The summed E-state index contributed by atoms with van der Waals surface area (Å²) in [6, 6.07) is 10.4. The van der Waals surface area contributed by atoms with Crippen molar-refractivity contribution in [1.82, 2.24) is 0 Å². The minimum atomic E-state index is -0.613. The minimum Gasteiger partial charge on any atom is -0.375 e. The second-order valence-electron chi connectivity index (χ2n) is 4.17.